The highest BCUT2D eigenvalue weighted by atomic mass is 19.4. The van der Waals surface area contributed by atoms with Gasteiger partial charge in [-0.25, -0.2) is 23.4 Å². The number of rotatable bonds is 3. The summed E-state index contributed by atoms with van der Waals surface area (Å²) < 4.78 is 67.0. The number of benzene rings is 1. The first-order valence-electron chi connectivity index (χ1n) is 10.8. The van der Waals surface area contributed by atoms with E-state index in [2.05, 4.69) is 15.1 Å². The predicted molar refractivity (Wildman–Crippen MR) is 115 cm³/mol. The van der Waals surface area contributed by atoms with Crippen LogP contribution in [0.5, 0.6) is 0 Å². The van der Waals surface area contributed by atoms with Crippen molar-refractivity contribution in [3.63, 3.8) is 0 Å². The number of hydrogen-bond donors (Lipinski definition) is 1. The van der Waals surface area contributed by atoms with Crippen molar-refractivity contribution in [3.05, 3.63) is 60.2 Å². The topological polar surface area (TPSA) is 70.3 Å². The summed E-state index contributed by atoms with van der Waals surface area (Å²) in [6.45, 7) is 1.27. The molecule has 3 aromatic rings. The van der Waals surface area contributed by atoms with Crippen LogP contribution in [0.2, 0.25) is 0 Å². The van der Waals surface area contributed by atoms with Gasteiger partial charge < -0.3 is 14.9 Å². The van der Waals surface area contributed by atoms with Gasteiger partial charge in [-0.2, -0.15) is 18.3 Å². The molecule has 4 rings (SSSR count). The fraction of sp³-hybridized carbons (Fsp3) is 0.409. The van der Waals surface area contributed by atoms with Crippen LogP contribution in [-0.4, -0.2) is 50.7 Å². The first-order chi connectivity index (χ1) is 16.2. The van der Waals surface area contributed by atoms with Crippen LogP contribution in [0.25, 0.3) is 5.82 Å². The maximum atomic E-state index is 13.8. The Bertz CT molecular complexity index is 1120. The highest BCUT2D eigenvalue weighted by Gasteiger charge is 2.33. The van der Waals surface area contributed by atoms with Gasteiger partial charge in [-0.15, -0.1) is 0 Å². The zero-order valence-corrected chi connectivity index (χ0v) is 18.1. The fourth-order valence-corrected chi connectivity index (χ4v) is 3.88. The third-order valence-electron chi connectivity index (χ3n) is 5.67. The SMILES string of the molecule is OC1CCCCCN(c2cc(-n3ccc(C(F)(F)F)n3)ncn2)CCN1c1ccc(F)c(F)c1. The predicted octanol–water partition coefficient (Wildman–Crippen LogP) is 4.16. The molecule has 1 aliphatic rings. The van der Waals surface area contributed by atoms with Crippen molar-refractivity contribution in [3.8, 4) is 5.82 Å². The molecule has 0 amide bonds. The quantitative estimate of drug-likeness (QED) is 0.566. The van der Waals surface area contributed by atoms with E-state index in [4.69, 9.17) is 0 Å². The number of halogens is 5. The van der Waals surface area contributed by atoms with Crippen LogP contribution in [0, 0.1) is 11.6 Å². The minimum atomic E-state index is -4.56. The molecule has 182 valence electrons. The Hall–Kier alpha value is -3.28. The lowest BCUT2D eigenvalue weighted by Crippen LogP contribution is -2.42. The Morgan fingerprint density at radius 2 is 1.68 bits per heavy atom. The second kappa shape index (κ2) is 9.92. The van der Waals surface area contributed by atoms with Gasteiger partial charge in [0.25, 0.3) is 0 Å². The summed E-state index contributed by atoms with van der Waals surface area (Å²) in [7, 11) is 0. The van der Waals surface area contributed by atoms with Crippen LogP contribution in [0.3, 0.4) is 0 Å². The molecule has 0 bridgehead atoms. The van der Waals surface area contributed by atoms with Crippen LogP contribution >= 0.6 is 0 Å². The number of alkyl halides is 3. The average Bonchev–Trinajstić information content (AvgIpc) is 3.31. The molecule has 2 aromatic heterocycles. The van der Waals surface area contributed by atoms with Crippen molar-refractivity contribution in [2.45, 2.75) is 38.1 Å². The van der Waals surface area contributed by atoms with Crippen molar-refractivity contribution in [1.29, 1.82) is 0 Å². The Labute approximate surface area is 192 Å². The summed E-state index contributed by atoms with van der Waals surface area (Å²) >= 11 is 0. The molecule has 1 saturated heterocycles. The maximum absolute atomic E-state index is 13.8. The molecular weight excluding hydrogens is 459 g/mol. The second-order valence-corrected chi connectivity index (χ2v) is 7.99. The number of hydrogen-bond acceptors (Lipinski definition) is 6. The monoisotopic (exact) mass is 482 g/mol. The molecule has 3 heterocycles. The first-order valence-corrected chi connectivity index (χ1v) is 10.8. The summed E-state index contributed by atoms with van der Waals surface area (Å²) in [5.74, 6) is -1.32. The minimum absolute atomic E-state index is 0.176. The summed E-state index contributed by atoms with van der Waals surface area (Å²) in [5.41, 5.74) is -0.672. The molecule has 34 heavy (non-hydrogen) atoms. The second-order valence-electron chi connectivity index (χ2n) is 7.99. The molecular formula is C22H23F5N6O. The van der Waals surface area contributed by atoms with Crippen LogP contribution in [0.1, 0.15) is 31.4 Å². The summed E-state index contributed by atoms with van der Waals surface area (Å²) in [5, 5.41) is 14.2. The van der Waals surface area contributed by atoms with Crippen molar-refractivity contribution < 1.29 is 27.1 Å². The molecule has 0 spiro atoms. The zero-order valence-electron chi connectivity index (χ0n) is 18.1. The van der Waals surface area contributed by atoms with Crippen molar-refractivity contribution in [2.24, 2.45) is 0 Å². The number of aliphatic hydroxyl groups excluding tert-OH is 1. The lowest BCUT2D eigenvalue weighted by molar-refractivity contribution is -0.141. The van der Waals surface area contributed by atoms with Gasteiger partial charge in [-0.1, -0.05) is 6.42 Å². The van der Waals surface area contributed by atoms with E-state index in [1.165, 1.54) is 24.7 Å². The summed E-state index contributed by atoms with van der Waals surface area (Å²) in [4.78, 5) is 11.8. The van der Waals surface area contributed by atoms with E-state index in [9.17, 15) is 27.1 Å². The highest BCUT2D eigenvalue weighted by Crippen LogP contribution is 2.28. The van der Waals surface area contributed by atoms with Crippen LogP contribution in [0.15, 0.2) is 42.9 Å². The smallest absolute Gasteiger partial charge is 0.374 e. The molecule has 1 unspecified atom stereocenters. The molecule has 0 radical (unpaired) electrons. The van der Waals surface area contributed by atoms with Gasteiger partial charge in [0.2, 0.25) is 0 Å². The largest absolute Gasteiger partial charge is 0.435 e. The van der Waals surface area contributed by atoms with Gasteiger partial charge in [-0.05, 0) is 37.5 Å². The molecule has 0 saturated carbocycles. The normalized spacial score (nSPS) is 18.2. The number of anilines is 2. The lowest BCUT2D eigenvalue weighted by Gasteiger charge is -2.34. The summed E-state index contributed by atoms with van der Waals surface area (Å²) in [6.07, 6.45) is -0.155. The minimum Gasteiger partial charge on any atom is -0.374 e. The number of nitrogens with zero attached hydrogens (tertiary/aromatic N) is 6. The van der Waals surface area contributed by atoms with Crippen LogP contribution in [-0.2, 0) is 6.18 Å². The van der Waals surface area contributed by atoms with Gasteiger partial charge in [0.1, 0.15) is 18.4 Å². The van der Waals surface area contributed by atoms with Crippen molar-refractivity contribution >= 4 is 11.5 Å². The molecule has 1 fully saturated rings. The van der Waals surface area contributed by atoms with E-state index >= 15 is 0 Å². The Morgan fingerprint density at radius 1 is 0.882 bits per heavy atom. The van der Waals surface area contributed by atoms with Crippen LogP contribution in [0.4, 0.5) is 33.5 Å². The Balaban J connectivity index is 1.57. The number of aromatic nitrogens is 4. The third-order valence-corrected chi connectivity index (χ3v) is 5.67. The first kappa shape index (κ1) is 23.9. The molecule has 1 aliphatic heterocycles. The molecule has 7 nitrogen and oxygen atoms in total. The fourth-order valence-electron chi connectivity index (χ4n) is 3.88. The standard InChI is InChI=1S/C22H23F5N6O/c23-16-6-5-15(12-17(16)24)32-11-10-31(8-3-1-2-4-21(32)34)19-13-20(29-14-28-19)33-9-7-18(30-33)22(25,26)27/h5-7,9,12-14,21,34H,1-4,8,10-11H2. The van der Waals surface area contributed by atoms with Gasteiger partial charge in [0.15, 0.2) is 23.1 Å². The summed E-state index contributed by atoms with van der Waals surface area (Å²) in [6, 6.07) is 5.89. The average molecular weight is 482 g/mol. The zero-order chi connectivity index (χ0) is 24.3. The molecule has 1 aromatic carbocycles. The molecule has 0 aliphatic carbocycles. The van der Waals surface area contributed by atoms with Crippen molar-refractivity contribution in [2.75, 3.05) is 29.4 Å². The van der Waals surface area contributed by atoms with Crippen LogP contribution < -0.4 is 9.80 Å². The van der Waals surface area contributed by atoms with Gasteiger partial charge >= 0.3 is 6.18 Å². The van der Waals surface area contributed by atoms with Gasteiger partial charge in [0, 0.05) is 43.7 Å². The highest BCUT2D eigenvalue weighted by molar-refractivity contribution is 5.49. The van der Waals surface area contributed by atoms with E-state index in [0.717, 1.165) is 42.1 Å². The van der Waals surface area contributed by atoms with E-state index < -0.39 is 29.7 Å². The van der Waals surface area contributed by atoms with E-state index in [1.807, 2.05) is 4.90 Å². The van der Waals surface area contributed by atoms with E-state index in [1.54, 1.807) is 4.90 Å². The lowest BCUT2D eigenvalue weighted by atomic mass is 10.1. The molecule has 12 heteroatoms. The van der Waals surface area contributed by atoms with Gasteiger partial charge in [0.05, 0.1) is 0 Å². The Morgan fingerprint density at radius 3 is 2.41 bits per heavy atom. The van der Waals surface area contributed by atoms with Crippen molar-refractivity contribution in [1.82, 2.24) is 19.7 Å². The third kappa shape index (κ3) is 5.44. The molecule has 1 atom stereocenters. The van der Waals surface area contributed by atoms with E-state index in [0.29, 0.717) is 31.0 Å². The van der Waals surface area contributed by atoms with E-state index in [-0.39, 0.29) is 12.4 Å². The van der Waals surface area contributed by atoms with Gasteiger partial charge in [-0.3, -0.25) is 0 Å². The Kier molecular flexibility index (Phi) is 6.96. The number of aliphatic hydroxyl groups is 1. The maximum Gasteiger partial charge on any atom is 0.435 e. The molecule has 1 N–H and O–H groups in total.